The standard InChI is InChI=1S/C26H18N4O2S/c1-15-12-13-21(32-15)17-8-2-3-11-20(17)27-22(31)14-33-26-28-24-18-9-4-6-16-7-5-10-19(23(16)18)25(24)29-30-26/h2-13H,14H2,1H3,(H,27,31). The molecule has 1 aliphatic rings. The molecule has 33 heavy (non-hydrogen) atoms. The van der Waals surface area contributed by atoms with Gasteiger partial charge in [0.15, 0.2) is 0 Å². The van der Waals surface area contributed by atoms with Crippen molar-refractivity contribution < 1.29 is 9.21 Å². The third kappa shape index (κ3) is 3.47. The Hall–Kier alpha value is -3.97. The number of furan rings is 1. The number of amides is 1. The van der Waals surface area contributed by atoms with E-state index in [-0.39, 0.29) is 11.7 Å². The number of carbonyl (C=O) groups excluding carboxylic acids is 1. The van der Waals surface area contributed by atoms with Gasteiger partial charge < -0.3 is 9.73 Å². The maximum atomic E-state index is 12.7. The topological polar surface area (TPSA) is 80.9 Å². The number of nitrogens with zero attached hydrogens (tertiary/aromatic N) is 3. The Balaban J connectivity index is 1.21. The van der Waals surface area contributed by atoms with Crippen molar-refractivity contribution in [3.05, 3.63) is 78.6 Å². The molecular weight excluding hydrogens is 432 g/mol. The highest BCUT2D eigenvalue weighted by molar-refractivity contribution is 7.99. The average molecular weight is 451 g/mol. The molecule has 0 spiro atoms. The Bertz CT molecular complexity index is 1540. The second kappa shape index (κ2) is 7.86. The van der Waals surface area contributed by atoms with Crippen LogP contribution in [0.3, 0.4) is 0 Å². The van der Waals surface area contributed by atoms with Crippen LogP contribution in [0.25, 0.3) is 44.6 Å². The molecule has 0 aliphatic heterocycles. The zero-order chi connectivity index (χ0) is 22.4. The minimum absolute atomic E-state index is 0.148. The van der Waals surface area contributed by atoms with Gasteiger partial charge in [-0.05, 0) is 36.6 Å². The van der Waals surface area contributed by atoms with Gasteiger partial charge in [0, 0.05) is 22.1 Å². The number of hydrogen-bond acceptors (Lipinski definition) is 6. The van der Waals surface area contributed by atoms with Crippen molar-refractivity contribution in [3.8, 4) is 33.8 Å². The number of para-hydroxylation sites is 1. The van der Waals surface area contributed by atoms with Crippen LogP contribution >= 0.6 is 11.8 Å². The third-order valence-electron chi connectivity index (χ3n) is 5.62. The minimum atomic E-state index is -0.148. The number of fused-ring (bicyclic) bond motifs is 3. The maximum absolute atomic E-state index is 12.7. The first kappa shape index (κ1) is 19.7. The molecule has 0 atom stereocenters. The molecule has 1 amide bonds. The number of nitrogens with one attached hydrogen (secondary N) is 1. The average Bonchev–Trinajstić information content (AvgIpc) is 3.41. The molecule has 6 rings (SSSR count). The molecule has 1 N–H and O–H groups in total. The van der Waals surface area contributed by atoms with Gasteiger partial charge in [-0.2, -0.15) is 0 Å². The van der Waals surface area contributed by atoms with Gasteiger partial charge in [0.25, 0.3) is 0 Å². The van der Waals surface area contributed by atoms with Gasteiger partial charge in [-0.3, -0.25) is 4.79 Å². The number of aromatic nitrogens is 3. The first-order valence-electron chi connectivity index (χ1n) is 10.5. The van der Waals surface area contributed by atoms with Crippen LogP contribution in [0.2, 0.25) is 0 Å². The molecule has 0 unspecified atom stereocenters. The summed E-state index contributed by atoms with van der Waals surface area (Å²) in [6.45, 7) is 1.89. The van der Waals surface area contributed by atoms with Gasteiger partial charge in [-0.25, -0.2) is 4.98 Å². The smallest absolute Gasteiger partial charge is 0.234 e. The summed E-state index contributed by atoms with van der Waals surface area (Å²) >= 11 is 1.27. The van der Waals surface area contributed by atoms with E-state index in [1.165, 1.54) is 11.8 Å². The third-order valence-corrected chi connectivity index (χ3v) is 6.46. The summed E-state index contributed by atoms with van der Waals surface area (Å²) < 4.78 is 5.73. The van der Waals surface area contributed by atoms with Crippen molar-refractivity contribution in [3.63, 3.8) is 0 Å². The van der Waals surface area contributed by atoms with Crippen LogP contribution < -0.4 is 5.32 Å². The van der Waals surface area contributed by atoms with E-state index in [0.717, 1.165) is 50.4 Å². The zero-order valence-corrected chi connectivity index (χ0v) is 18.5. The van der Waals surface area contributed by atoms with Gasteiger partial charge in [0.2, 0.25) is 11.1 Å². The van der Waals surface area contributed by atoms with Crippen LogP contribution in [0.5, 0.6) is 0 Å². The second-order valence-corrected chi connectivity index (χ2v) is 8.74. The summed E-state index contributed by atoms with van der Waals surface area (Å²) in [5.74, 6) is 1.56. The van der Waals surface area contributed by atoms with E-state index in [9.17, 15) is 4.79 Å². The van der Waals surface area contributed by atoms with Crippen LogP contribution in [0.15, 0.2) is 82.4 Å². The highest BCUT2D eigenvalue weighted by Gasteiger charge is 2.25. The van der Waals surface area contributed by atoms with Crippen LogP contribution in [0, 0.1) is 6.92 Å². The molecule has 0 fully saturated rings. The second-order valence-electron chi connectivity index (χ2n) is 7.79. The van der Waals surface area contributed by atoms with Gasteiger partial charge >= 0.3 is 0 Å². The summed E-state index contributed by atoms with van der Waals surface area (Å²) in [5, 5.41) is 14.5. The summed E-state index contributed by atoms with van der Waals surface area (Å²) in [6.07, 6.45) is 0. The molecule has 3 aromatic carbocycles. The molecule has 160 valence electrons. The zero-order valence-electron chi connectivity index (χ0n) is 17.7. The molecular formula is C26H18N4O2S. The maximum Gasteiger partial charge on any atom is 0.234 e. The predicted molar refractivity (Wildman–Crippen MR) is 130 cm³/mol. The van der Waals surface area contributed by atoms with E-state index >= 15 is 0 Å². The van der Waals surface area contributed by atoms with Crippen LogP contribution in [-0.4, -0.2) is 26.8 Å². The van der Waals surface area contributed by atoms with Crippen molar-refractivity contribution in [2.75, 3.05) is 11.1 Å². The Labute approximate surface area is 194 Å². The lowest BCUT2D eigenvalue weighted by Gasteiger charge is -2.09. The Kier molecular flexibility index (Phi) is 4.69. The normalized spacial score (nSPS) is 11.5. The van der Waals surface area contributed by atoms with E-state index in [1.807, 2.05) is 61.5 Å². The van der Waals surface area contributed by atoms with Crippen molar-refractivity contribution in [1.82, 2.24) is 15.2 Å². The van der Waals surface area contributed by atoms with Crippen molar-refractivity contribution in [2.24, 2.45) is 0 Å². The van der Waals surface area contributed by atoms with Crippen LogP contribution in [0.4, 0.5) is 5.69 Å². The Morgan fingerprint density at radius 2 is 1.64 bits per heavy atom. The van der Waals surface area contributed by atoms with Crippen molar-refractivity contribution >= 4 is 34.1 Å². The highest BCUT2D eigenvalue weighted by atomic mass is 32.2. The number of benzene rings is 3. The predicted octanol–water partition coefficient (Wildman–Crippen LogP) is 5.97. The van der Waals surface area contributed by atoms with Crippen molar-refractivity contribution in [1.29, 1.82) is 0 Å². The highest BCUT2D eigenvalue weighted by Crippen LogP contribution is 2.44. The SMILES string of the molecule is Cc1ccc(-c2ccccc2NC(=O)CSc2nnc3c(n2)-c2cccc4cccc-3c24)o1. The van der Waals surface area contributed by atoms with Crippen LogP contribution in [0.1, 0.15) is 5.76 Å². The molecule has 2 aromatic heterocycles. The molecule has 0 saturated heterocycles. The van der Waals surface area contributed by atoms with E-state index in [0.29, 0.717) is 10.8 Å². The number of thioether (sulfide) groups is 1. The first-order chi connectivity index (χ1) is 16.2. The molecule has 2 heterocycles. The molecule has 0 saturated carbocycles. The lowest BCUT2D eigenvalue weighted by molar-refractivity contribution is -0.113. The number of aryl methyl sites for hydroxylation is 1. The Morgan fingerprint density at radius 3 is 2.42 bits per heavy atom. The Morgan fingerprint density at radius 1 is 0.879 bits per heavy atom. The minimum Gasteiger partial charge on any atom is -0.461 e. The summed E-state index contributed by atoms with van der Waals surface area (Å²) in [7, 11) is 0. The number of anilines is 1. The largest absolute Gasteiger partial charge is 0.461 e. The van der Waals surface area contributed by atoms with Gasteiger partial charge in [0.05, 0.1) is 11.4 Å². The lowest BCUT2D eigenvalue weighted by atomic mass is 10.0. The number of carbonyl (C=O) groups is 1. The molecule has 5 aromatic rings. The monoisotopic (exact) mass is 450 g/mol. The summed E-state index contributed by atoms with van der Waals surface area (Å²) in [5.41, 5.74) is 5.26. The molecule has 6 nitrogen and oxygen atoms in total. The van der Waals surface area contributed by atoms with Crippen molar-refractivity contribution in [2.45, 2.75) is 12.1 Å². The fourth-order valence-corrected chi connectivity index (χ4v) is 4.77. The molecule has 1 aliphatic carbocycles. The lowest BCUT2D eigenvalue weighted by Crippen LogP contribution is -2.15. The molecule has 0 radical (unpaired) electrons. The number of hydrogen-bond donors (Lipinski definition) is 1. The van der Waals surface area contributed by atoms with Gasteiger partial charge in [-0.15, -0.1) is 10.2 Å². The summed E-state index contributed by atoms with van der Waals surface area (Å²) in [4.78, 5) is 17.4. The first-order valence-corrected chi connectivity index (χ1v) is 11.5. The fraction of sp³-hybridized carbons (Fsp3) is 0.0769. The fourth-order valence-electron chi connectivity index (χ4n) is 4.18. The summed E-state index contributed by atoms with van der Waals surface area (Å²) in [6, 6.07) is 23.7. The number of rotatable bonds is 5. The van der Waals surface area contributed by atoms with Gasteiger partial charge in [-0.1, -0.05) is 60.3 Å². The van der Waals surface area contributed by atoms with Gasteiger partial charge in [0.1, 0.15) is 22.9 Å². The van der Waals surface area contributed by atoms with E-state index in [2.05, 4.69) is 33.7 Å². The van der Waals surface area contributed by atoms with E-state index in [4.69, 9.17) is 9.40 Å². The quantitative estimate of drug-likeness (QED) is 0.326. The molecule has 0 bridgehead atoms. The molecule has 7 heteroatoms. The van der Waals surface area contributed by atoms with Crippen LogP contribution in [-0.2, 0) is 4.79 Å². The van der Waals surface area contributed by atoms with E-state index < -0.39 is 0 Å². The van der Waals surface area contributed by atoms with E-state index in [1.54, 1.807) is 0 Å².